The van der Waals surface area contributed by atoms with Gasteiger partial charge < -0.3 is 19.9 Å². The van der Waals surface area contributed by atoms with Gasteiger partial charge in [-0.05, 0) is 62.8 Å². The maximum atomic E-state index is 12.6. The van der Waals surface area contributed by atoms with E-state index in [2.05, 4.69) is 48.4 Å². The Morgan fingerprint density at radius 1 is 1.29 bits per heavy atom. The lowest BCUT2D eigenvalue weighted by Gasteiger charge is -2.34. The molecule has 1 aromatic carbocycles. The molecule has 3 atom stereocenters. The number of hydrogen-bond donors (Lipinski definition) is 2. The second kappa shape index (κ2) is 7.26. The Morgan fingerprint density at radius 3 is 2.75 bits per heavy atom. The second-order valence-electron chi connectivity index (χ2n) is 6.79. The molecule has 24 heavy (non-hydrogen) atoms. The highest BCUT2D eigenvalue weighted by atomic mass is 16.5. The number of aromatic nitrogens is 1. The predicted octanol–water partition coefficient (Wildman–Crippen LogP) is 3.66. The molecule has 1 aliphatic heterocycles. The number of hydrogen-bond acceptors (Lipinski definition) is 2. The zero-order chi connectivity index (χ0) is 17.1. The Labute approximate surface area is 143 Å². The minimum Gasteiger partial charge on any atom is -0.375 e. The summed E-state index contributed by atoms with van der Waals surface area (Å²) >= 11 is 0. The molecule has 0 spiro atoms. The predicted molar refractivity (Wildman–Crippen MR) is 95.9 cm³/mol. The molecule has 5 heteroatoms. The summed E-state index contributed by atoms with van der Waals surface area (Å²) in [5.41, 5.74) is 2.27. The quantitative estimate of drug-likeness (QED) is 0.899. The zero-order valence-corrected chi connectivity index (χ0v) is 14.7. The van der Waals surface area contributed by atoms with Crippen molar-refractivity contribution in [2.75, 3.05) is 6.54 Å². The second-order valence-corrected chi connectivity index (χ2v) is 6.79. The summed E-state index contributed by atoms with van der Waals surface area (Å²) in [5, 5.41) is 4.36. The van der Waals surface area contributed by atoms with Gasteiger partial charge in [0, 0.05) is 30.8 Å². The van der Waals surface area contributed by atoms with Crippen molar-refractivity contribution in [2.45, 2.75) is 58.4 Å². The summed E-state index contributed by atoms with van der Waals surface area (Å²) in [7, 11) is 0. The van der Waals surface area contributed by atoms with Gasteiger partial charge in [0.25, 0.3) is 0 Å². The normalized spacial score (nSPS) is 24.0. The Bertz CT molecular complexity index is 687. The molecule has 1 fully saturated rings. The fraction of sp³-hybridized carbons (Fsp3) is 0.526. The molecular weight excluding hydrogens is 302 g/mol. The fourth-order valence-electron chi connectivity index (χ4n) is 3.54. The first-order valence-corrected chi connectivity index (χ1v) is 8.82. The highest BCUT2D eigenvalue weighted by Crippen LogP contribution is 2.20. The molecule has 0 aliphatic carbocycles. The van der Waals surface area contributed by atoms with Gasteiger partial charge in [0.2, 0.25) is 0 Å². The Hall–Kier alpha value is -2.01. The van der Waals surface area contributed by atoms with Crippen molar-refractivity contribution >= 4 is 16.9 Å². The molecular formula is C19H27N3O2. The smallest absolute Gasteiger partial charge is 0.317 e. The molecule has 1 aromatic heterocycles. The number of fused-ring (bicyclic) bond motifs is 1. The first-order valence-electron chi connectivity index (χ1n) is 8.82. The maximum absolute atomic E-state index is 12.6. The van der Waals surface area contributed by atoms with Crippen molar-refractivity contribution < 1.29 is 9.53 Å². The van der Waals surface area contributed by atoms with Crippen molar-refractivity contribution in [1.29, 1.82) is 0 Å². The van der Waals surface area contributed by atoms with Crippen LogP contribution in [0.1, 0.15) is 39.2 Å². The van der Waals surface area contributed by atoms with Gasteiger partial charge in [-0.3, -0.25) is 0 Å². The van der Waals surface area contributed by atoms with Crippen LogP contribution in [-0.4, -0.2) is 40.7 Å². The van der Waals surface area contributed by atoms with Crippen LogP contribution in [0.4, 0.5) is 4.79 Å². The molecule has 1 saturated heterocycles. The molecule has 5 nitrogen and oxygen atoms in total. The Balaban J connectivity index is 1.63. The molecule has 2 heterocycles. The highest BCUT2D eigenvalue weighted by molar-refractivity contribution is 5.80. The molecule has 1 unspecified atom stereocenters. The Kier molecular flexibility index (Phi) is 5.09. The number of carbonyl (C=O) groups excluding carboxylic acids is 1. The first-order chi connectivity index (χ1) is 11.5. The molecule has 130 valence electrons. The van der Waals surface area contributed by atoms with Crippen LogP contribution in [0.25, 0.3) is 10.9 Å². The molecule has 2 aromatic rings. The lowest BCUT2D eigenvalue weighted by Crippen LogP contribution is -2.48. The van der Waals surface area contributed by atoms with E-state index < -0.39 is 0 Å². The van der Waals surface area contributed by atoms with E-state index in [1.54, 1.807) is 0 Å². The van der Waals surface area contributed by atoms with Gasteiger partial charge in [-0.15, -0.1) is 0 Å². The molecule has 0 saturated carbocycles. The topological polar surface area (TPSA) is 57.4 Å². The van der Waals surface area contributed by atoms with E-state index in [1.165, 1.54) is 5.39 Å². The van der Waals surface area contributed by atoms with Crippen molar-refractivity contribution in [3.8, 4) is 0 Å². The SMILES string of the molecule is CCN(Cc1ccc2[nH]ccc2c1)C(=O)NC1C[C@@H](C)O[C@@H](C)C1. The van der Waals surface area contributed by atoms with E-state index in [9.17, 15) is 4.79 Å². The molecule has 1 aliphatic rings. The summed E-state index contributed by atoms with van der Waals surface area (Å²) in [4.78, 5) is 17.7. The first kappa shape index (κ1) is 16.8. The average Bonchev–Trinajstić information content (AvgIpc) is 2.99. The number of aromatic amines is 1. The molecule has 0 bridgehead atoms. The van der Waals surface area contributed by atoms with E-state index in [-0.39, 0.29) is 24.3 Å². The Morgan fingerprint density at radius 2 is 2.04 bits per heavy atom. The average molecular weight is 329 g/mol. The standard InChI is InChI=1S/C19H27N3O2/c1-4-22(12-15-5-6-18-16(11-15)7-8-20-18)19(23)21-17-9-13(2)24-14(3)10-17/h5-8,11,13-14,17,20H,4,9-10,12H2,1-3H3,(H,21,23)/t13-,14+,17?. The minimum absolute atomic E-state index is 0.0120. The maximum Gasteiger partial charge on any atom is 0.317 e. The van der Waals surface area contributed by atoms with Gasteiger partial charge in [-0.25, -0.2) is 4.79 Å². The zero-order valence-electron chi connectivity index (χ0n) is 14.7. The minimum atomic E-state index is 0.0120. The van der Waals surface area contributed by atoms with Crippen LogP contribution < -0.4 is 5.32 Å². The summed E-state index contributed by atoms with van der Waals surface area (Å²) in [6.45, 7) is 7.46. The third kappa shape index (κ3) is 3.90. The van der Waals surface area contributed by atoms with E-state index in [0.29, 0.717) is 13.1 Å². The lowest BCUT2D eigenvalue weighted by atomic mass is 10.00. The van der Waals surface area contributed by atoms with Gasteiger partial charge in [0.05, 0.1) is 12.2 Å². The van der Waals surface area contributed by atoms with Crippen molar-refractivity contribution in [3.05, 3.63) is 36.0 Å². The third-order valence-electron chi connectivity index (χ3n) is 4.69. The van der Waals surface area contributed by atoms with Crippen LogP contribution in [0.15, 0.2) is 30.5 Å². The van der Waals surface area contributed by atoms with Crippen molar-refractivity contribution in [1.82, 2.24) is 15.2 Å². The number of H-pyrrole nitrogens is 1. The van der Waals surface area contributed by atoms with Crippen LogP contribution in [-0.2, 0) is 11.3 Å². The van der Waals surface area contributed by atoms with Gasteiger partial charge in [-0.2, -0.15) is 0 Å². The van der Waals surface area contributed by atoms with Gasteiger partial charge in [0.1, 0.15) is 0 Å². The monoisotopic (exact) mass is 329 g/mol. The van der Waals surface area contributed by atoms with E-state index in [4.69, 9.17) is 4.74 Å². The number of rotatable bonds is 4. The van der Waals surface area contributed by atoms with Crippen molar-refractivity contribution in [3.63, 3.8) is 0 Å². The summed E-state index contributed by atoms with van der Waals surface area (Å²) in [6.07, 6.45) is 4.09. The number of nitrogens with one attached hydrogen (secondary N) is 2. The number of ether oxygens (including phenoxy) is 1. The summed E-state index contributed by atoms with van der Waals surface area (Å²) in [5.74, 6) is 0. The van der Waals surface area contributed by atoms with Crippen LogP contribution in [0, 0.1) is 0 Å². The van der Waals surface area contributed by atoms with Crippen LogP contribution in [0.5, 0.6) is 0 Å². The number of urea groups is 1. The number of amides is 2. The lowest BCUT2D eigenvalue weighted by molar-refractivity contribution is -0.0407. The molecule has 0 radical (unpaired) electrons. The van der Waals surface area contributed by atoms with Crippen LogP contribution in [0.2, 0.25) is 0 Å². The van der Waals surface area contributed by atoms with Gasteiger partial charge >= 0.3 is 6.03 Å². The van der Waals surface area contributed by atoms with Gasteiger partial charge in [-0.1, -0.05) is 6.07 Å². The number of carbonyl (C=O) groups is 1. The van der Waals surface area contributed by atoms with E-state index in [0.717, 1.165) is 23.9 Å². The summed E-state index contributed by atoms with van der Waals surface area (Å²) in [6, 6.07) is 8.54. The summed E-state index contributed by atoms with van der Waals surface area (Å²) < 4.78 is 5.75. The fourth-order valence-corrected chi connectivity index (χ4v) is 3.54. The molecule has 2 amide bonds. The largest absolute Gasteiger partial charge is 0.375 e. The molecule has 2 N–H and O–H groups in total. The number of nitrogens with zero attached hydrogens (tertiary/aromatic N) is 1. The van der Waals surface area contributed by atoms with E-state index in [1.807, 2.05) is 18.0 Å². The van der Waals surface area contributed by atoms with Gasteiger partial charge in [0.15, 0.2) is 0 Å². The third-order valence-corrected chi connectivity index (χ3v) is 4.69. The van der Waals surface area contributed by atoms with E-state index >= 15 is 0 Å². The highest BCUT2D eigenvalue weighted by Gasteiger charge is 2.26. The molecule has 3 rings (SSSR count). The van der Waals surface area contributed by atoms with Crippen LogP contribution >= 0.6 is 0 Å². The number of benzene rings is 1. The van der Waals surface area contributed by atoms with Crippen molar-refractivity contribution in [2.24, 2.45) is 0 Å². The van der Waals surface area contributed by atoms with Crippen LogP contribution in [0.3, 0.4) is 0 Å².